The van der Waals surface area contributed by atoms with Gasteiger partial charge in [0.1, 0.15) is 23.8 Å². The molecule has 1 aliphatic carbocycles. The summed E-state index contributed by atoms with van der Waals surface area (Å²) in [6.45, 7) is 1.37. The van der Waals surface area contributed by atoms with E-state index in [4.69, 9.17) is 20.4 Å². The lowest BCUT2D eigenvalue weighted by Crippen LogP contribution is -2.44. The van der Waals surface area contributed by atoms with Gasteiger partial charge in [-0.15, -0.1) is 0 Å². The molecule has 3 aliphatic rings. The van der Waals surface area contributed by atoms with Gasteiger partial charge in [-0.3, -0.25) is 14.5 Å². The fourth-order valence-corrected chi connectivity index (χ4v) is 8.96. The Balaban J connectivity index is 0.919. The van der Waals surface area contributed by atoms with Crippen molar-refractivity contribution in [3.05, 3.63) is 108 Å². The quantitative estimate of drug-likeness (QED) is 0.134. The molecule has 0 bridgehead atoms. The Kier molecular flexibility index (Phi) is 10.7. The molecule has 3 aromatic carbocycles. The number of imidazole rings is 2. The number of nitrogens with one attached hydrogen (secondary N) is 2. The first-order valence-electron chi connectivity index (χ1n) is 19.8. The van der Waals surface area contributed by atoms with E-state index in [0.29, 0.717) is 25.9 Å². The fraction of sp³-hybridized carbons (Fsp3) is 0.386. The van der Waals surface area contributed by atoms with Crippen LogP contribution in [0.25, 0.3) is 33.6 Å². The van der Waals surface area contributed by atoms with E-state index in [-0.39, 0.29) is 35.9 Å². The van der Waals surface area contributed by atoms with Gasteiger partial charge in [0.05, 0.1) is 41.8 Å². The van der Waals surface area contributed by atoms with Crippen molar-refractivity contribution >= 4 is 17.9 Å². The van der Waals surface area contributed by atoms with E-state index in [0.717, 1.165) is 89.4 Å². The molecule has 2 aromatic heterocycles. The summed E-state index contributed by atoms with van der Waals surface area (Å²) >= 11 is 0. The molecule has 4 N–H and O–H groups in total. The predicted octanol–water partition coefficient (Wildman–Crippen LogP) is 7.42. The van der Waals surface area contributed by atoms with Gasteiger partial charge >= 0.3 is 6.09 Å². The van der Waals surface area contributed by atoms with Crippen LogP contribution < -0.4 is 5.73 Å². The zero-order valence-electron chi connectivity index (χ0n) is 32.1. The van der Waals surface area contributed by atoms with Gasteiger partial charge in [0.15, 0.2) is 0 Å². The molecule has 12 nitrogen and oxygen atoms in total. The van der Waals surface area contributed by atoms with Crippen LogP contribution >= 0.6 is 0 Å². The van der Waals surface area contributed by atoms with Crippen molar-refractivity contribution in [3.63, 3.8) is 0 Å². The van der Waals surface area contributed by atoms with Crippen LogP contribution in [0, 0.1) is 5.92 Å². The highest BCUT2D eigenvalue weighted by molar-refractivity contribution is 5.84. The van der Waals surface area contributed by atoms with Crippen molar-refractivity contribution in [2.24, 2.45) is 11.7 Å². The number of primary amides is 1. The molecular formula is C44H50N8O4. The smallest absolute Gasteiger partial charge is 0.404 e. The molecule has 4 heterocycles. The number of nitrogens with zero attached hydrogens (tertiary/aromatic N) is 5. The van der Waals surface area contributed by atoms with Crippen LogP contribution in [-0.4, -0.2) is 85.8 Å². The molecule has 3 fully saturated rings. The van der Waals surface area contributed by atoms with E-state index in [9.17, 15) is 14.4 Å². The van der Waals surface area contributed by atoms with Crippen molar-refractivity contribution in [2.45, 2.75) is 75.6 Å². The van der Waals surface area contributed by atoms with E-state index < -0.39 is 12.2 Å². The predicted molar refractivity (Wildman–Crippen MR) is 214 cm³/mol. The first-order chi connectivity index (χ1) is 27.2. The minimum Gasteiger partial charge on any atom is -0.446 e. The van der Waals surface area contributed by atoms with E-state index >= 15 is 0 Å². The topological polar surface area (TPSA) is 154 Å². The lowest BCUT2D eigenvalue weighted by Gasteiger charge is -2.34. The minimum atomic E-state index is -0.824. The number of nitrogens with two attached hydrogens (primary N) is 1. The second-order valence-electron chi connectivity index (χ2n) is 15.5. The molecule has 290 valence electrons. The summed E-state index contributed by atoms with van der Waals surface area (Å²) in [5, 5.41) is 0. The average Bonchev–Trinajstić information content (AvgIpc) is 4.05. The van der Waals surface area contributed by atoms with Gasteiger partial charge in [0.2, 0.25) is 11.8 Å². The number of hydrogen-bond donors (Lipinski definition) is 3. The average molecular weight is 755 g/mol. The van der Waals surface area contributed by atoms with Gasteiger partial charge in [-0.1, -0.05) is 85.3 Å². The third kappa shape index (κ3) is 7.58. The van der Waals surface area contributed by atoms with Crippen molar-refractivity contribution in [2.75, 3.05) is 27.2 Å². The number of benzene rings is 3. The summed E-state index contributed by atoms with van der Waals surface area (Å²) in [4.78, 5) is 61.5. The van der Waals surface area contributed by atoms with Crippen molar-refractivity contribution in [3.8, 4) is 33.6 Å². The maximum atomic E-state index is 13.9. The zero-order chi connectivity index (χ0) is 38.8. The second kappa shape index (κ2) is 16.2. The third-order valence-corrected chi connectivity index (χ3v) is 11.8. The number of carbonyl (C=O) groups is 3. The molecule has 12 heteroatoms. The van der Waals surface area contributed by atoms with E-state index in [1.54, 1.807) is 0 Å². The number of likely N-dealkylation sites (N-methyl/N-ethyl adjacent to an activating group) is 1. The third-order valence-electron chi connectivity index (χ3n) is 11.8. The van der Waals surface area contributed by atoms with Gasteiger partial charge in [-0.25, -0.2) is 14.8 Å². The maximum Gasteiger partial charge on any atom is 0.404 e. The van der Waals surface area contributed by atoms with Crippen LogP contribution in [0.15, 0.2) is 91.3 Å². The Morgan fingerprint density at radius 2 is 1.21 bits per heavy atom. The van der Waals surface area contributed by atoms with E-state index in [1.165, 1.54) is 0 Å². The number of ether oxygens (including phenoxy) is 1. The highest BCUT2D eigenvalue weighted by atomic mass is 16.6. The van der Waals surface area contributed by atoms with Gasteiger partial charge < -0.3 is 30.2 Å². The SMILES string of the molecule is CN(C)[C@@H](C(=O)N1CCC[C@H]1c1ncc(-c2ccc(-c3ccc(-c4cnc([C@@H]5CCCN5C(=O)[C@H]5CCCC[C@H]5OC(N)=O)[nH]4)cc3)cc2)[nH]1)c1ccccc1. The second-order valence-corrected chi connectivity index (χ2v) is 15.5. The van der Waals surface area contributed by atoms with Crippen molar-refractivity contribution in [1.82, 2.24) is 34.6 Å². The number of aromatic amines is 2. The zero-order valence-corrected chi connectivity index (χ0v) is 32.1. The molecule has 56 heavy (non-hydrogen) atoms. The number of likely N-dealkylation sites (tertiary alicyclic amines) is 2. The lowest BCUT2D eigenvalue weighted by molar-refractivity contribution is -0.142. The number of hydrogen-bond acceptors (Lipinski definition) is 7. The van der Waals surface area contributed by atoms with Crippen LogP contribution in [0.2, 0.25) is 0 Å². The number of aromatic nitrogens is 4. The van der Waals surface area contributed by atoms with Crippen LogP contribution in [0.5, 0.6) is 0 Å². The number of carbonyl (C=O) groups excluding carboxylic acids is 3. The Morgan fingerprint density at radius 3 is 1.77 bits per heavy atom. The molecule has 2 aliphatic heterocycles. The molecule has 5 aromatic rings. The summed E-state index contributed by atoms with van der Waals surface area (Å²) in [6, 6.07) is 26.2. The molecule has 8 rings (SSSR count). The maximum absolute atomic E-state index is 13.9. The Labute approximate surface area is 327 Å². The first-order valence-corrected chi connectivity index (χ1v) is 19.8. The molecule has 5 atom stereocenters. The first kappa shape index (κ1) is 37.2. The highest BCUT2D eigenvalue weighted by Crippen LogP contribution is 2.38. The molecule has 1 saturated carbocycles. The summed E-state index contributed by atoms with van der Waals surface area (Å²) in [5.74, 6) is 1.34. The van der Waals surface area contributed by atoms with E-state index in [2.05, 4.69) is 58.5 Å². The van der Waals surface area contributed by atoms with Crippen molar-refractivity contribution in [1.29, 1.82) is 0 Å². The molecule has 0 spiro atoms. The lowest BCUT2D eigenvalue weighted by atomic mass is 9.85. The molecule has 0 radical (unpaired) electrons. The Hall–Kier alpha value is -5.75. The summed E-state index contributed by atoms with van der Waals surface area (Å²) in [5.41, 5.74) is 12.3. The fourth-order valence-electron chi connectivity index (χ4n) is 8.96. The molecule has 0 unspecified atom stereocenters. The number of H-pyrrole nitrogens is 2. The van der Waals surface area contributed by atoms with Gasteiger partial charge in [0, 0.05) is 13.1 Å². The number of amides is 3. The molecular weight excluding hydrogens is 705 g/mol. The van der Waals surface area contributed by atoms with E-state index in [1.807, 2.05) is 71.5 Å². The van der Waals surface area contributed by atoms with Crippen LogP contribution in [0.4, 0.5) is 4.79 Å². The largest absolute Gasteiger partial charge is 0.446 e. The number of rotatable bonds is 10. The standard InChI is InChI=1S/C44H50N8O4/c1-50(2)39(32-10-4-3-5-11-32)43(54)52-25-9-14-37(52)41-47-27-35(49-41)31-22-18-29(19-23-31)28-16-20-30(21-17-28)34-26-46-40(48-34)36-13-8-24-51(36)42(53)33-12-6-7-15-38(33)56-44(45)55/h3-5,10-11,16-23,26-27,33,36-39H,6-9,12-15,24-25H2,1-2H3,(H2,45,55)(H,46,48)(H,47,49)/t33-,36-,37-,38+,39+/m0/s1. The Morgan fingerprint density at radius 1 is 0.696 bits per heavy atom. The minimum absolute atomic E-state index is 0.0181. The molecule has 3 amide bonds. The summed E-state index contributed by atoms with van der Waals surface area (Å²) < 4.78 is 5.36. The molecule has 2 saturated heterocycles. The van der Waals surface area contributed by atoms with Crippen LogP contribution in [0.1, 0.15) is 86.7 Å². The summed E-state index contributed by atoms with van der Waals surface area (Å²) in [6.07, 6.45) is 9.14. The van der Waals surface area contributed by atoms with Gasteiger partial charge in [0.25, 0.3) is 0 Å². The normalized spacial score (nSPS) is 21.7. The highest BCUT2D eigenvalue weighted by Gasteiger charge is 2.41. The van der Waals surface area contributed by atoms with Crippen LogP contribution in [0.3, 0.4) is 0 Å². The summed E-state index contributed by atoms with van der Waals surface area (Å²) in [7, 11) is 3.91. The van der Waals surface area contributed by atoms with Crippen molar-refractivity contribution < 1.29 is 19.1 Å². The van der Waals surface area contributed by atoms with Gasteiger partial charge in [-0.2, -0.15) is 0 Å². The van der Waals surface area contributed by atoms with Crippen LogP contribution in [-0.2, 0) is 14.3 Å². The monoisotopic (exact) mass is 754 g/mol. The Bertz CT molecular complexity index is 2150. The van der Waals surface area contributed by atoms with Gasteiger partial charge in [-0.05, 0) is 86.9 Å².